The van der Waals surface area contributed by atoms with Crippen molar-refractivity contribution < 1.29 is 14.7 Å². The smallest absolute Gasteiger partial charge is 0.268 e. The topological polar surface area (TPSA) is 128 Å². The Hall–Kier alpha value is -4.28. The zero-order valence-corrected chi connectivity index (χ0v) is 21.2. The summed E-state index contributed by atoms with van der Waals surface area (Å²) in [4.78, 5) is 29.7. The molecule has 190 valence electrons. The molecule has 2 amide bonds. The van der Waals surface area contributed by atoms with Gasteiger partial charge in [-0.1, -0.05) is 25.5 Å². The van der Waals surface area contributed by atoms with E-state index in [1.54, 1.807) is 33.6 Å². The third-order valence-electron chi connectivity index (χ3n) is 5.59. The molecule has 0 atom stereocenters. The molecule has 5 rings (SSSR count). The highest BCUT2D eigenvalue weighted by atomic mass is 32.1. The van der Waals surface area contributed by atoms with Crippen LogP contribution in [0.4, 0.5) is 0 Å². The molecule has 0 saturated heterocycles. The lowest BCUT2D eigenvalue weighted by Gasteiger charge is -2.08. The number of thiophene rings is 1. The Kier molecular flexibility index (Phi) is 8.44. The number of aromatic nitrogens is 4. The van der Waals surface area contributed by atoms with E-state index >= 15 is 0 Å². The Labute approximate surface area is 218 Å². The summed E-state index contributed by atoms with van der Waals surface area (Å²) in [5.74, 6) is -0.891. The van der Waals surface area contributed by atoms with E-state index in [2.05, 4.69) is 22.3 Å². The fourth-order valence-electron chi connectivity index (χ4n) is 3.70. The van der Waals surface area contributed by atoms with E-state index in [1.807, 2.05) is 53.4 Å². The summed E-state index contributed by atoms with van der Waals surface area (Å²) >= 11 is 1.49. The molecule has 0 aliphatic rings. The SMILES string of the molecule is CCCCO.NC(=O)c1c(-c2ccsc2)nc2c(C(=O)NCc3ccc(-n4cccn4)cc3)cccn12. The van der Waals surface area contributed by atoms with E-state index in [4.69, 9.17) is 10.8 Å². The lowest BCUT2D eigenvalue weighted by Crippen LogP contribution is -2.23. The predicted octanol–water partition coefficient (Wildman–Crippen LogP) is 4.06. The highest BCUT2D eigenvalue weighted by Crippen LogP contribution is 2.27. The van der Waals surface area contributed by atoms with Crippen LogP contribution in [0, 0.1) is 0 Å². The molecule has 0 bridgehead atoms. The quantitative estimate of drug-likeness (QED) is 0.287. The van der Waals surface area contributed by atoms with Crippen molar-refractivity contribution in [3.63, 3.8) is 0 Å². The Balaban J connectivity index is 0.000000586. The zero-order valence-electron chi connectivity index (χ0n) is 20.4. The largest absolute Gasteiger partial charge is 0.396 e. The Morgan fingerprint density at radius 3 is 2.51 bits per heavy atom. The van der Waals surface area contributed by atoms with Crippen LogP contribution in [-0.2, 0) is 6.54 Å². The first-order valence-electron chi connectivity index (χ1n) is 11.8. The van der Waals surface area contributed by atoms with Crippen molar-refractivity contribution in [2.75, 3.05) is 6.61 Å². The molecule has 9 nitrogen and oxygen atoms in total. The molecule has 5 aromatic rings. The van der Waals surface area contributed by atoms with Crippen molar-refractivity contribution in [2.24, 2.45) is 5.73 Å². The number of rotatable bonds is 8. The van der Waals surface area contributed by atoms with E-state index in [0.29, 0.717) is 30.1 Å². The van der Waals surface area contributed by atoms with Gasteiger partial charge in [-0.25, -0.2) is 9.67 Å². The van der Waals surface area contributed by atoms with Crippen molar-refractivity contribution in [3.8, 4) is 16.9 Å². The Morgan fingerprint density at radius 1 is 1.11 bits per heavy atom. The van der Waals surface area contributed by atoms with Crippen molar-refractivity contribution in [1.82, 2.24) is 24.5 Å². The Bertz CT molecular complexity index is 1460. The molecule has 4 N–H and O–H groups in total. The predicted molar refractivity (Wildman–Crippen MR) is 144 cm³/mol. The minimum atomic E-state index is -0.603. The maximum atomic E-state index is 13.0. The summed E-state index contributed by atoms with van der Waals surface area (Å²) < 4.78 is 3.34. The zero-order chi connectivity index (χ0) is 26.2. The van der Waals surface area contributed by atoms with Crippen LogP contribution in [0.15, 0.2) is 77.9 Å². The van der Waals surface area contributed by atoms with Crippen LogP contribution < -0.4 is 11.1 Å². The average Bonchev–Trinajstić information content (AvgIpc) is 3.68. The van der Waals surface area contributed by atoms with Gasteiger partial charge in [-0.05, 0) is 53.8 Å². The molecule has 4 heterocycles. The van der Waals surface area contributed by atoms with Crippen LogP contribution in [0.2, 0.25) is 0 Å². The van der Waals surface area contributed by atoms with Gasteiger partial charge in [-0.15, -0.1) is 0 Å². The average molecular weight is 517 g/mol. The van der Waals surface area contributed by atoms with Crippen LogP contribution in [0.3, 0.4) is 0 Å². The number of hydrogen-bond acceptors (Lipinski definition) is 6. The molecule has 0 aliphatic heterocycles. The van der Waals surface area contributed by atoms with E-state index in [-0.39, 0.29) is 11.6 Å². The Morgan fingerprint density at radius 2 is 1.92 bits per heavy atom. The van der Waals surface area contributed by atoms with Gasteiger partial charge in [0.25, 0.3) is 11.8 Å². The van der Waals surface area contributed by atoms with Gasteiger partial charge in [0.05, 0.1) is 11.3 Å². The molecule has 0 fully saturated rings. The number of unbranched alkanes of at least 4 members (excludes halogenated alkanes) is 1. The summed E-state index contributed by atoms with van der Waals surface area (Å²) in [5, 5.41) is 19.0. The van der Waals surface area contributed by atoms with E-state index < -0.39 is 5.91 Å². The van der Waals surface area contributed by atoms with E-state index in [9.17, 15) is 9.59 Å². The molecule has 0 radical (unpaired) electrons. The van der Waals surface area contributed by atoms with Gasteiger partial charge < -0.3 is 16.2 Å². The molecular formula is C27H28N6O3S. The van der Waals surface area contributed by atoms with Gasteiger partial charge >= 0.3 is 0 Å². The van der Waals surface area contributed by atoms with Crippen molar-refractivity contribution in [2.45, 2.75) is 26.3 Å². The minimum absolute atomic E-state index is 0.252. The molecule has 0 unspecified atom stereocenters. The monoisotopic (exact) mass is 516 g/mol. The van der Waals surface area contributed by atoms with Gasteiger partial charge in [0.15, 0.2) is 5.65 Å². The fraction of sp³-hybridized carbons (Fsp3) is 0.185. The summed E-state index contributed by atoms with van der Waals surface area (Å²) in [6, 6.07) is 14.9. The maximum absolute atomic E-state index is 13.0. The van der Waals surface area contributed by atoms with Gasteiger partial charge in [-0.2, -0.15) is 16.4 Å². The number of aliphatic hydroxyl groups excluding tert-OH is 1. The minimum Gasteiger partial charge on any atom is -0.396 e. The second-order valence-electron chi connectivity index (χ2n) is 8.18. The fourth-order valence-corrected chi connectivity index (χ4v) is 4.35. The van der Waals surface area contributed by atoms with Crippen molar-refractivity contribution >= 4 is 28.8 Å². The number of hydrogen-bond donors (Lipinski definition) is 3. The number of carbonyl (C=O) groups excluding carboxylic acids is 2. The first-order valence-corrected chi connectivity index (χ1v) is 12.8. The van der Waals surface area contributed by atoms with Gasteiger partial charge in [0.2, 0.25) is 0 Å². The van der Waals surface area contributed by atoms with Crippen LogP contribution in [0.1, 0.15) is 46.2 Å². The number of aliphatic hydroxyl groups is 1. The van der Waals surface area contributed by atoms with Crippen molar-refractivity contribution in [1.29, 1.82) is 0 Å². The normalized spacial score (nSPS) is 10.6. The number of nitrogens with zero attached hydrogens (tertiary/aromatic N) is 4. The van der Waals surface area contributed by atoms with Gasteiger partial charge in [0, 0.05) is 42.7 Å². The van der Waals surface area contributed by atoms with Gasteiger partial charge in [0.1, 0.15) is 11.4 Å². The van der Waals surface area contributed by atoms with Crippen LogP contribution in [0.5, 0.6) is 0 Å². The number of nitrogens with two attached hydrogens (primary N) is 1. The third kappa shape index (κ3) is 5.93. The number of amides is 2. The van der Waals surface area contributed by atoms with Gasteiger partial charge in [-0.3, -0.25) is 14.0 Å². The van der Waals surface area contributed by atoms with Crippen LogP contribution >= 0.6 is 11.3 Å². The highest BCUT2D eigenvalue weighted by molar-refractivity contribution is 7.08. The number of fused-ring (bicyclic) bond motifs is 1. The standard InChI is InChI=1S/C23H18N6O2S.C4H10O/c24-21(30)20-19(16-8-12-32-14-16)27-22-18(3-1-10-28(20)22)23(31)25-13-15-4-6-17(7-5-15)29-11-2-9-26-29;1-2-3-4-5/h1-12,14H,13H2,(H2,24,30)(H,25,31);5H,2-4H2,1H3. The molecule has 37 heavy (non-hydrogen) atoms. The summed E-state index contributed by atoms with van der Waals surface area (Å²) in [5.41, 5.74) is 9.77. The number of carbonyl (C=O) groups is 2. The number of nitrogens with one attached hydrogen (secondary N) is 1. The summed E-state index contributed by atoms with van der Waals surface area (Å²) in [6.07, 6.45) is 7.31. The maximum Gasteiger partial charge on any atom is 0.268 e. The molecule has 4 aromatic heterocycles. The number of benzene rings is 1. The number of primary amides is 1. The summed E-state index contributed by atoms with van der Waals surface area (Å²) in [7, 11) is 0. The second-order valence-corrected chi connectivity index (χ2v) is 8.96. The number of imidazole rings is 1. The number of pyridine rings is 1. The van der Waals surface area contributed by atoms with E-state index in [0.717, 1.165) is 29.7 Å². The summed E-state index contributed by atoms with van der Waals surface area (Å²) in [6.45, 7) is 2.74. The molecule has 1 aromatic carbocycles. The molecule has 0 aliphatic carbocycles. The molecular weight excluding hydrogens is 488 g/mol. The molecule has 0 spiro atoms. The molecule has 0 saturated carbocycles. The lowest BCUT2D eigenvalue weighted by atomic mass is 10.2. The highest BCUT2D eigenvalue weighted by Gasteiger charge is 2.22. The van der Waals surface area contributed by atoms with Crippen molar-refractivity contribution in [3.05, 3.63) is 94.7 Å². The second kappa shape index (κ2) is 12.1. The first-order chi connectivity index (χ1) is 18.0. The molecule has 10 heteroatoms. The van der Waals surface area contributed by atoms with Crippen LogP contribution in [-0.4, -0.2) is 42.7 Å². The first kappa shape index (κ1) is 25.8. The van der Waals surface area contributed by atoms with Crippen LogP contribution in [0.25, 0.3) is 22.6 Å². The lowest BCUT2D eigenvalue weighted by molar-refractivity contribution is 0.0949. The third-order valence-corrected chi connectivity index (χ3v) is 6.28. The van der Waals surface area contributed by atoms with E-state index in [1.165, 1.54) is 11.3 Å².